The molecule has 0 aliphatic rings. The van der Waals surface area contributed by atoms with Crippen LogP contribution in [0.1, 0.15) is 12.5 Å². The highest BCUT2D eigenvalue weighted by molar-refractivity contribution is 5.67. The first-order valence-corrected chi connectivity index (χ1v) is 4.65. The Bertz CT molecular complexity index is 397. The highest BCUT2D eigenvalue weighted by Gasteiger charge is 2.30. The van der Waals surface area contributed by atoms with E-state index in [2.05, 4.69) is 11.9 Å². The average Bonchev–Trinajstić information content (AvgIpc) is 2.14. The SMILES string of the molecule is C=C(C)CNc1ccc(C(F)(F)F)cc1N. The highest BCUT2D eigenvalue weighted by Crippen LogP contribution is 2.32. The Kier molecular flexibility index (Phi) is 3.47. The summed E-state index contributed by atoms with van der Waals surface area (Å²) < 4.78 is 37.0. The smallest absolute Gasteiger partial charge is 0.397 e. The molecule has 0 radical (unpaired) electrons. The zero-order chi connectivity index (χ0) is 12.3. The quantitative estimate of drug-likeness (QED) is 0.617. The second-order valence-electron chi connectivity index (χ2n) is 3.61. The number of nitrogens with two attached hydrogens (primary N) is 1. The highest BCUT2D eigenvalue weighted by atomic mass is 19.4. The second-order valence-corrected chi connectivity index (χ2v) is 3.61. The first-order chi connectivity index (χ1) is 7.30. The van der Waals surface area contributed by atoms with Gasteiger partial charge in [0.1, 0.15) is 0 Å². The average molecular weight is 230 g/mol. The van der Waals surface area contributed by atoms with Gasteiger partial charge in [-0.1, -0.05) is 12.2 Å². The van der Waals surface area contributed by atoms with Crippen LogP contribution < -0.4 is 11.1 Å². The summed E-state index contributed by atoms with van der Waals surface area (Å²) in [6.07, 6.45) is -4.36. The molecule has 0 bridgehead atoms. The van der Waals surface area contributed by atoms with Crippen LogP contribution in [0.25, 0.3) is 0 Å². The second kappa shape index (κ2) is 4.47. The van der Waals surface area contributed by atoms with Crippen molar-refractivity contribution in [3.05, 3.63) is 35.9 Å². The van der Waals surface area contributed by atoms with Gasteiger partial charge in [-0.15, -0.1) is 0 Å². The van der Waals surface area contributed by atoms with Crippen LogP contribution in [-0.2, 0) is 6.18 Å². The van der Waals surface area contributed by atoms with E-state index >= 15 is 0 Å². The molecular weight excluding hydrogens is 217 g/mol. The van der Waals surface area contributed by atoms with Gasteiger partial charge < -0.3 is 11.1 Å². The molecule has 0 aliphatic heterocycles. The van der Waals surface area contributed by atoms with Gasteiger partial charge >= 0.3 is 6.18 Å². The van der Waals surface area contributed by atoms with E-state index in [1.54, 1.807) is 0 Å². The molecule has 1 rings (SSSR count). The number of benzene rings is 1. The van der Waals surface area contributed by atoms with Gasteiger partial charge in [0.05, 0.1) is 16.9 Å². The van der Waals surface area contributed by atoms with Crippen LogP contribution in [0.15, 0.2) is 30.4 Å². The van der Waals surface area contributed by atoms with E-state index in [4.69, 9.17) is 5.73 Å². The number of halogens is 3. The molecule has 1 aromatic carbocycles. The van der Waals surface area contributed by atoms with Crippen molar-refractivity contribution in [1.29, 1.82) is 0 Å². The molecule has 0 heterocycles. The predicted molar refractivity (Wildman–Crippen MR) is 59.2 cm³/mol. The molecule has 88 valence electrons. The van der Waals surface area contributed by atoms with Crippen LogP contribution in [0.4, 0.5) is 24.5 Å². The number of hydrogen-bond acceptors (Lipinski definition) is 2. The number of rotatable bonds is 3. The summed E-state index contributed by atoms with van der Waals surface area (Å²) in [5.41, 5.74) is 6.20. The maximum absolute atomic E-state index is 12.3. The summed E-state index contributed by atoms with van der Waals surface area (Å²) in [4.78, 5) is 0. The van der Waals surface area contributed by atoms with Crippen LogP contribution in [-0.4, -0.2) is 6.54 Å². The Morgan fingerprint density at radius 1 is 1.44 bits per heavy atom. The van der Waals surface area contributed by atoms with Gasteiger partial charge in [-0.25, -0.2) is 0 Å². The van der Waals surface area contributed by atoms with E-state index in [-0.39, 0.29) is 5.69 Å². The topological polar surface area (TPSA) is 38.0 Å². The number of hydrogen-bond donors (Lipinski definition) is 2. The van der Waals surface area contributed by atoms with Crippen LogP contribution in [0.5, 0.6) is 0 Å². The summed E-state index contributed by atoms with van der Waals surface area (Å²) >= 11 is 0. The Morgan fingerprint density at radius 3 is 2.50 bits per heavy atom. The van der Waals surface area contributed by atoms with Crippen molar-refractivity contribution in [2.45, 2.75) is 13.1 Å². The largest absolute Gasteiger partial charge is 0.416 e. The zero-order valence-electron chi connectivity index (χ0n) is 8.86. The Labute approximate surface area is 92.0 Å². The molecule has 5 heteroatoms. The number of anilines is 2. The van der Waals surface area contributed by atoms with Gasteiger partial charge in [-0.05, 0) is 25.1 Å². The fourth-order valence-electron chi connectivity index (χ4n) is 1.15. The molecule has 0 saturated carbocycles. The van der Waals surface area contributed by atoms with Gasteiger partial charge in [-0.3, -0.25) is 0 Å². The summed E-state index contributed by atoms with van der Waals surface area (Å²) in [6.45, 7) is 5.97. The lowest BCUT2D eigenvalue weighted by atomic mass is 10.1. The van der Waals surface area contributed by atoms with Crippen molar-refractivity contribution < 1.29 is 13.2 Å². The molecule has 0 amide bonds. The monoisotopic (exact) mass is 230 g/mol. The lowest BCUT2D eigenvalue weighted by molar-refractivity contribution is -0.137. The Hall–Kier alpha value is -1.65. The summed E-state index contributed by atoms with van der Waals surface area (Å²) in [7, 11) is 0. The minimum atomic E-state index is -4.36. The van der Waals surface area contributed by atoms with E-state index in [1.807, 2.05) is 6.92 Å². The number of nitrogens with one attached hydrogen (secondary N) is 1. The van der Waals surface area contributed by atoms with E-state index in [0.717, 1.165) is 17.7 Å². The third-order valence-corrected chi connectivity index (χ3v) is 1.96. The molecular formula is C11H13F3N2. The molecule has 0 fully saturated rings. The van der Waals surface area contributed by atoms with Gasteiger partial charge in [0.25, 0.3) is 0 Å². The third-order valence-electron chi connectivity index (χ3n) is 1.96. The molecule has 0 unspecified atom stereocenters. The maximum atomic E-state index is 12.3. The predicted octanol–water partition coefficient (Wildman–Crippen LogP) is 3.28. The third kappa shape index (κ3) is 3.18. The van der Waals surface area contributed by atoms with Gasteiger partial charge in [0, 0.05) is 6.54 Å². The lowest BCUT2D eigenvalue weighted by Crippen LogP contribution is -2.08. The molecule has 1 aromatic rings. The minimum Gasteiger partial charge on any atom is -0.397 e. The van der Waals surface area contributed by atoms with Gasteiger partial charge in [-0.2, -0.15) is 13.2 Å². The first kappa shape index (κ1) is 12.4. The lowest BCUT2D eigenvalue weighted by Gasteiger charge is -2.12. The molecule has 2 nitrogen and oxygen atoms in total. The first-order valence-electron chi connectivity index (χ1n) is 4.65. The van der Waals surface area contributed by atoms with Crippen LogP contribution in [0, 0.1) is 0 Å². The molecule has 0 atom stereocenters. The summed E-state index contributed by atoms with van der Waals surface area (Å²) in [5.74, 6) is 0. The maximum Gasteiger partial charge on any atom is 0.416 e. The van der Waals surface area contributed by atoms with Gasteiger partial charge in [0.15, 0.2) is 0 Å². The summed E-state index contributed by atoms with van der Waals surface area (Å²) in [6, 6.07) is 3.24. The van der Waals surface area contributed by atoms with Crippen molar-refractivity contribution in [2.75, 3.05) is 17.6 Å². The molecule has 3 N–H and O–H groups in total. The molecule has 0 spiro atoms. The van der Waals surface area contributed by atoms with E-state index in [1.165, 1.54) is 6.07 Å². The Balaban J connectivity index is 2.88. The Morgan fingerprint density at radius 2 is 2.06 bits per heavy atom. The zero-order valence-corrected chi connectivity index (χ0v) is 8.86. The number of alkyl halides is 3. The van der Waals surface area contributed by atoms with E-state index < -0.39 is 11.7 Å². The van der Waals surface area contributed by atoms with Crippen molar-refractivity contribution in [1.82, 2.24) is 0 Å². The van der Waals surface area contributed by atoms with E-state index in [9.17, 15) is 13.2 Å². The minimum absolute atomic E-state index is 0.0797. The normalized spacial score (nSPS) is 11.2. The number of nitrogen functional groups attached to an aromatic ring is 1. The fourth-order valence-corrected chi connectivity index (χ4v) is 1.15. The van der Waals surface area contributed by atoms with Crippen molar-refractivity contribution in [3.8, 4) is 0 Å². The standard InChI is InChI=1S/C11H13F3N2/c1-7(2)6-16-10-4-3-8(5-9(10)15)11(12,13)14/h3-5,16H,1,6,15H2,2H3. The summed E-state index contributed by atoms with van der Waals surface area (Å²) in [5, 5.41) is 2.90. The van der Waals surface area contributed by atoms with Crippen molar-refractivity contribution >= 4 is 11.4 Å². The van der Waals surface area contributed by atoms with Gasteiger partial charge in [0.2, 0.25) is 0 Å². The van der Waals surface area contributed by atoms with Crippen molar-refractivity contribution in [2.24, 2.45) is 0 Å². The molecule has 0 aliphatic carbocycles. The van der Waals surface area contributed by atoms with Crippen LogP contribution >= 0.6 is 0 Å². The molecule has 16 heavy (non-hydrogen) atoms. The molecule has 0 aromatic heterocycles. The van der Waals surface area contributed by atoms with Crippen LogP contribution in [0.3, 0.4) is 0 Å². The van der Waals surface area contributed by atoms with Crippen LogP contribution in [0.2, 0.25) is 0 Å². The van der Waals surface area contributed by atoms with E-state index in [0.29, 0.717) is 12.2 Å². The van der Waals surface area contributed by atoms with Crippen molar-refractivity contribution in [3.63, 3.8) is 0 Å². The fraction of sp³-hybridized carbons (Fsp3) is 0.273. The molecule has 0 saturated heterocycles.